The van der Waals surface area contributed by atoms with Crippen LogP contribution in [0.15, 0.2) is 30.5 Å². The van der Waals surface area contributed by atoms with Gasteiger partial charge in [-0.3, -0.25) is 4.79 Å². The second-order valence-electron chi connectivity index (χ2n) is 4.45. The number of hydrogen-bond donors (Lipinski definition) is 3. The summed E-state index contributed by atoms with van der Waals surface area (Å²) in [6.07, 6.45) is 1.98. The Morgan fingerprint density at radius 1 is 1.40 bits per heavy atom. The van der Waals surface area contributed by atoms with Gasteiger partial charge in [0.25, 0.3) is 0 Å². The molecule has 0 aliphatic heterocycles. The second kappa shape index (κ2) is 6.21. The first-order chi connectivity index (χ1) is 9.61. The number of hydrogen-bond acceptors (Lipinski definition) is 3. The number of ether oxygens (including phenoxy) is 1. The maximum absolute atomic E-state index is 11.4. The second-order valence-corrected chi connectivity index (χ2v) is 4.45. The number of rotatable bonds is 6. The van der Waals surface area contributed by atoms with Crippen LogP contribution in [0, 0.1) is 0 Å². The van der Waals surface area contributed by atoms with Gasteiger partial charge in [0.15, 0.2) is 0 Å². The number of carboxylic acids is 1. The van der Waals surface area contributed by atoms with E-state index in [1.165, 1.54) is 7.11 Å². The van der Waals surface area contributed by atoms with E-state index in [0.29, 0.717) is 0 Å². The number of carbonyl (C=O) groups excluding carboxylic acids is 1. The maximum Gasteiger partial charge on any atom is 0.326 e. The van der Waals surface area contributed by atoms with E-state index in [1.54, 1.807) is 6.20 Å². The van der Waals surface area contributed by atoms with Gasteiger partial charge in [-0.1, -0.05) is 18.2 Å². The van der Waals surface area contributed by atoms with Crippen molar-refractivity contribution in [1.82, 2.24) is 10.3 Å². The number of benzene rings is 1. The Hall–Kier alpha value is -2.34. The van der Waals surface area contributed by atoms with Crippen molar-refractivity contribution in [2.24, 2.45) is 0 Å². The third-order valence-corrected chi connectivity index (χ3v) is 3.01. The number of aromatic amines is 1. The third-order valence-electron chi connectivity index (χ3n) is 3.01. The molecule has 0 fully saturated rings. The third kappa shape index (κ3) is 3.16. The topological polar surface area (TPSA) is 91.4 Å². The van der Waals surface area contributed by atoms with Crippen molar-refractivity contribution >= 4 is 22.8 Å². The molecule has 0 aliphatic carbocycles. The fraction of sp³-hybridized carbons (Fsp3) is 0.286. The van der Waals surface area contributed by atoms with Crippen LogP contribution in [-0.2, 0) is 20.7 Å². The van der Waals surface area contributed by atoms with Crippen LogP contribution < -0.4 is 5.32 Å². The zero-order valence-electron chi connectivity index (χ0n) is 11.1. The summed E-state index contributed by atoms with van der Waals surface area (Å²) in [7, 11) is 1.38. The predicted molar refractivity (Wildman–Crippen MR) is 73.4 cm³/mol. The average Bonchev–Trinajstić information content (AvgIpc) is 2.82. The zero-order valence-corrected chi connectivity index (χ0v) is 11.1. The quantitative estimate of drug-likeness (QED) is 0.732. The van der Waals surface area contributed by atoms with E-state index in [4.69, 9.17) is 0 Å². The molecule has 1 atom stereocenters. The Morgan fingerprint density at radius 3 is 2.85 bits per heavy atom. The zero-order chi connectivity index (χ0) is 14.5. The van der Waals surface area contributed by atoms with Crippen LogP contribution in [0.2, 0.25) is 0 Å². The Kier molecular flexibility index (Phi) is 4.37. The SMILES string of the molecule is COCC(=O)N[C@H](Cc1c[nH]c2ccccc12)C(=O)O. The lowest BCUT2D eigenvalue weighted by Gasteiger charge is -2.13. The Balaban J connectivity index is 2.15. The summed E-state index contributed by atoms with van der Waals surface area (Å²) in [6, 6.07) is 6.64. The molecule has 0 unspecified atom stereocenters. The van der Waals surface area contributed by atoms with Crippen LogP contribution in [0.5, 0.6) is 0 Å². The monoisotopic (exact) mass is 276 g/mol. The van der Waals surface area contributed by atoms with E-state index < -0.39 is 17.9 Å². The summed E-state index contributed by atoms with van der Waals surface area (Å²) in [6.45, 7) is -0.155. The average molecular weight is 276 g/mol. The Bertz CT molecular complexity index is 620. The lowest BCUT2D eigenvalue weighted by molar-refractivity contribution is -0.142. The van der Waals surface area contributed by atoms with Gasteiger partial charge in [0.05, 0.1) is 0 Å². The van der Waals surface area contributed by atoms with Gasteiger partial charge >= 0.3 is 5.97 Å². The standard InChI is InChI=1S/C14H16N2O4/c1-20-8-13(17)16-12(14(18)19)6-9-7-15-11-5-3-2-4-10(9)11/h2-5,7,12,15H,6,8H2,1H3,(H,16,17)(H,18,19)/t12-/m1/s1. The highest BCUT2D eigenvalue weighted by atomic mass is 16.5. The Labute approximate surface area is 115 Å². The van der Waals surface area contributed by atoms with E-state index in [2.05, 4.69) is 15.0 Å². The van der Waals surface area contributed by atoms with Crippen molar-refractivity contribution in [3.8, 4) is 0 Å². The Morgan fingerprint density at radius 2 is 2.15 bits per heavy atom. The van der Waals surface area contributed by atoms with Crippen LogP contribution in [-0.4, -0.2) is 41.7 Å². The van der Waals surface area contributed by atoms with Crippen molar-refractivity contribution in [2.45, 2.75) is 12.5 Å². The fourth-order valence-electron chi connectivity index (χ4n) is 2.09. The number of carboxylic acid groups (broad SMARTS) is 1. The minimum atomic E-state index is -1.07. The largest absolute Gasteiger partial charge is 0.480 e. The molecular weight excluding hydrogens is 260 g/mol. The number of carbonyl (C=O) groups is 2. The number of nitrogens with one attached hydrogen (secondary N) is 2. The fourth-order valence-corrected chi connectivity index (χ4v) is 2.09. The molecule has 3 N–H and O–H groups in total. The van der Waals surface area contributed by atoms with Crippen LogP contribution >= 0.6 is 0 Å². The van der Waals surface area contributed by atoms with Crippen molar-refractivity contribution in [3.63, 3.8) is 0 Å². The van der Waals surface area contributed by atoms with Gasteiger partial charge in [0, 0.05) is 30.6 Å². The van der Waals surface area contributed by atoms with E-state index in [9.17, 15) is 14.7 Å². The summed E-state index contributed by atoms with van der Waals surface area (Å²) < 4.78 is 4.68. The molecule has 0 saturated carbocycles. The van der Waals surface area contributed by atoms with E-state index >= 15 is 0 Å². The lowest BCUT2D eigenvalue weighted by Crippen LogP contribution is -2.43. The molecule has 2 rings (SSSR count). The first-order valence-corrected chi connectivity index (χ1v) is 6.18. The number of fused-ring (bicyclic) bond motifs is 1. The normalized spacial score (nSPS) is 12.2. The molecule has 1 aromatic carbocycles. The summed E-state index contributed by atoms with van der Waals surface area (Å²) in [5.74, 6) is -1.51. The number of amides is 1. The first kappa shape index (κ1) is 14.1. The van der Waals surface area contributed by atoms with Crippen LogP contribution in [0.25, 0.3) is 10.9 Å². The summed E-state index contributed by atoms with van der Waals surface area (Å²) in [5.41, 5.74) is 1.79. The van der Waals surface area contributed by atoms with Crippen molar-refractivity contribution in [2.75, 3.05) is 13.7 Å². The molecule has 0 saturated heterocycles. The maximum atomic E-state index is 11.4. The molecule has 6 nitrogen and oxygen atoms in total. The van der Waals surface area contributed by atoms with E-state index in [0.717, 1.165) is 16.5 Å². The number of H-pyrrole nitrogens is 1. The van der Waals surface area contributed by atoms with Crippen molar-refractivity contribution < 1.29 is 19.4 Å². The highest BCUT2D eigenvalue weighted by Crippen LogP contribution is 2.19. The molecule has 0 bridgehead atoms. The smallest absolute Gasteiger partial charge is 0.326 e. The predicted octanol–water partition coefficient (Wildman–Crippen LogP) is 0.926. The van der Waals surface area contributed by atoms with Gasteiger partial charge in [-0.2, -0.15) is 0 Å². The van der Waals surface area contributed by atoms with E-state index in [-0.39, 0.29) is 13.0 Å². The molecule has 0 aliphatic rings. The van der Waals surface area contributed by atoms with Crippen LogP contribution in [0.1, 0.15) is 5.56 Å². The van der Waals surface area contributed by atoms with Gasteiger partial charge in [0.1, 0.15) is 12.6 Å². The van der Waals surface area contributed by atoms with Gasteiger partial charge < -0.3 is 20.1 Å². The molecule has 1 aromatic heterocycles. The minimum Gasteiger partial charge on any atom is -0.480 e. The number of aromatic nitrogens is 1. The summed E-state index contributed by atoms with van der Waals surface area (Å²) in [4.78, 5) is 25.8. The van der Waals surface area contributed by atoms with Crippen LogP contribution in [0.3, 0.4) is 0 Å². The molecule has 1 heterocycles. The molecule has 20 heavy (non-hydrogen) atoms. The van der Waals surface area contributed by atoms with Gasteiger partial charge in [0.2, 0.25) is 5.91 Å². The number of methoxy groups -OCH3 is 1. The molecule has 0 radical (unpaired) electrons. The minimum absolute atomic E-state index is 0.155. The van der Waals surface area contributed by atoms with Gasteiger partial charge in [-0.25, -0.2) is 4.79 Å². The van der Waals surface area contributed by atoms with E-state index in [1.807, 2.05) is 24.3 Å². The molecule has 2 aromatic rings. The lowest BCUT2D eigenvalue weighted by atomic mass is 10.1. The highest BCUT2D eigenvalue weighted by molar-refractivity contribution is 5.87. The summed E-state index contributed by atoms with van der Waals surface area (Å²) in [5, 5.41) is 12.6. The first-order valence-electron chi connectivity index (χ1n) is 6.18. The van der Waals surface area contributed by atoms with Gasteiger partial charge in [-0.15, -0.1) is 0 Å². The molecule has 106 valence electrons. The molecular formula is C14H16N2O4. The molecule has 1 amide bonds. The van der Waals surface area contributed by atoms with Crippen molar-refractivity contribution in [3.05, 3.63) is 36.0 Å². The van der Waals surface area contributed by atoms with Gasteiger partial charge in [-0.05, 0) is 11.6 Å². The van der Waals surface area contributed by atoms with Crippen molar-refractivity contribution in [1.29, 1.82) is 0 Å². The number of aliphatic carboxylic acids is 1. The number of para-hydroxylation sites is 1. The molecule has 6 heteroatoms. The highest BCUT2D eigenvalue weighted by Gasteiger charge is 2.21. The molecule has 0 spiro atoms. The van der Waals surface area contributed by atoms with Crippen LogP contribution in [0.4, 0.5) is 0 Å². The summed E-state index contributed by atoms with van der Waals surface area (Å²) >= 11 is 0.